The van der Waals surface area contributed by atoms with Gasteiger partial charge < -0.3 is 0 Å². The molecule has 0 aromatic heterocycles. The van der Waals surface area contributed by atoms with Gasteiger partial charge in [0.05, 0.1) is 6.07 Å². The maximum atomic E-state index is 12.1. The van der Waals surface area contributed by atoms with Gasteiger partial charge in [-0.2, -0.15) is 56.5 Å². The van der Waals surface area contributed by atoms with Crippen molar-refractivity contribution < 1.29 is 76.4 Å². The molecule has 0 saturated heterocycles. The van der Waals surface area contributed by atoms with Crippen LogP contribution in [0.3, 0.4) is 0 Å². The Hall–Kier alpha value is -1.93. The zero-order valence-corrected chi connectivity index (χ0v) is 17.4. The van der Waals surface area contributed by atoms with Crippen molar-refractivity contribution in [2.45, 2.75) is 17.4 Å². The summed E-state index contributed by atoms with van der Waals surface area (Å²) in [4.78, 5) is 20.3. The number of halogens is 8. The van der Waals surface area contributed by atoms with Crippen LogP contribution >= 0.6 is 0 Å². The fourth-order valence-electron chi connectivity index (χ4n) is 0.817. The molecular weight excluding hydrogens is 550 g/mol. The topological polar surface area (TPSA) is 194 Å². The van der Waals surface area contributed by atoms with Gasteiger partial charge in [-0.15, -0.1) is 7.77 Å². The minimum Gasteiger partial charge on any atom is -0.297 e. The van der Waals surface area contributed by atoms with E-state index in [4.69, 9.17) is 5.26 Å². The third-order valence-electron chi connectivity index (χ3n) is 1.81. The first-order valence-corrected chi connectivity index (χ1v) is 11.9. The molecule has 0 aliphatic carbocycles. The Morgan fingerprint density at radius 2 is 0.903 bits per heavy atom. The highest BCUT2D eigenvalue weighted by molar-refractivity contribution is 7.90. The second-order valence-electron chi connectivity index (χ2n) is 4.37. The Morgan fingerprint density at radius 1 is 0.710 bits per heavy atom. The van der Waals surface area contributed by atoms with E-state index in [0.29, 0.717) is 0 Å². The maximum absolute atomic E-state index is 12.1. The van der Waals surface area contributed by atoms with Gasteiger partial charge in [0.1, 0.15) is 11.5 Å². The van der Waals surface area contributed by atoms with Crippen LogP contribution < -0.4 is 0 Å². The molecule has 0 spiro atoms. The molecule has 31 heavy (non-hydrogen) atoms. The van der Waals surface area contributed by atoms with Gasteiger partial charge in [0.15, 0.2) is 5.78 Å². The van der Waals surface area contributed by atoms with Gasteiger partial charge in [-0.3, -0.25) is 9.59 Å². The van der Waals surface area contributed by atoms with Crippen molar-refractivity contribution in [3.63, 3.8) is 0 Å². The van der Waals surface area contributed by atoms with Crippen molar-refractivity contribution in [3.8, 4) is 6.07 Å². The zero-order valence-electron chi connectivity index (χ0n) is 14.1. The monoisotopic (exact) mass is 557 g/mol. The van der Waals surface area contributed by atoms with E-state index in [2.05, 4.69) is 0 Å². The molecule has 0 aromatic carbocycles. The average molecular weight is 557 g/mol. The highest BCUT2D eigenvalue weighted by Crippen LogP contribution is 2.35. The fraction of sp³-hybridized carbons (Fsp3) is 0.625. The second-order valence-corrected chi connectivity index (χ2v) is 9.88. The number of carbonyl (C=O) groups excluding carboxylic acids is 2. The number of hydrogen-bond acceptors (Lipinski definition) is 11. The van der Waals surface area contributed by atoms with Gasteiger partial charge in [-0.1, -0.05) is 7.77 Å². The van der Waals surface area contributed by atoms with Crippen LogP contribution in [-0.2, 0) is 50.5 Å². The number of nitrogens with zero attached hydrogens (tertiary/aromatic N) is 1. The minimum atomic E-state index is -7.14. The van der Waals surface area contributed by atoms with Crippen molar-refractivity contribution in [1.82, 2.24) is 0 Å². The van der Waals surface area contributed by atoms with Gasteiger partial charge >= 0.3 is 57.2 Å². The van der Waals surface area contributed by atoms with Gasteiger partial charge in [0.2, 0.25) is 0 Å². The summed E-state index contributed by atoms with van der Waals surface area (Å²) in [7, 11) is -24.4. The first-order valence-electron chi connectivity index (χ1n) is 6.03. The van der Waals surface area contributed by atoms with Gasteiger partial charge in [0.25, 0.3) is 0 Å². The third-order valence-corrected chi connectivity index (χ3v) is 4.74. The molecule has 0 bridgehead atoms. The van der Waals surface area contributed by atoms with E-state index < -0.39 is 74.5 Å². The van der Waals surface area contributed by atoms with Crippen molar-refractivity contribution in [2.24, 2.45) is 0 Å². The van der Waals surface area contributed by atoms with Crippen LogP contribution in [0.4, 0.5) is 33.1 Å². The summed E-state index contributed by atoms with van der Waals surface area (Å²) >= 11 is 0. The van der Waals surface area contributed by atoms with E-state index in [0.717, 1.165) is 0 Å². The number of ketones is 2. The maximum Gasteiger partial charge on any atom is 0.438 e. The summed E-state index contributed by atoms with van der Waals surface area (Å²) in [5, 5.41) is -5.41. The Bertz CT molecular complexity index is 1050. The lowest BCUT2D eigenvalue weighted by atomic mass is 10.4. The number of alkyl halides is 4. The normalized spacial score (nSPS) is 12.9. The molecule has 11 nitrogen and oxygen atoms in total. The molecule has 0 N–H and O–H groups in total. The van der Waals surface area contributed by atoms with Crippen molar-refractivity contribution in [3.05, 3.63) is 0 Å². The Labute approximate surface area is 169 Å². The van der Waals surface area contributed by atoms with Crippen molar-refractivity contribution >= 4 is 52.5 Å². The Balaban J connectivity index is -0.000000462. The molecule has 0 aromatic rings. The van der Waals surface area contributed by atoms with Crippen LogP contribution in [0.2, 0.25) is 0 Å². The number of rotatable bonds is 8. The number of carbonyl (C=O) groups is 2. The van der Waals surface area contributed by atoms with Crippen molar-refractivity contribution in [2.75, 3.05) is 11.5 Å². The minimum absolute atomic E-state index is 1.43. The van der Waals surface area contributed by atoms with E-state index in [-0.39, 0.29) is 0 Å². The molecule has 0 atom stereocenters. The molecule has 23 heteroatoms. The standard InChI is InChI=1S/C3F6O5S2.C3H4F2O5S2.C2H3N/c4-2(5,15(8,11)12)1(10)3(6,7)16(9,13)14;4-11(7,8)1-3(6)2-12(5,9)10;1-2-3/h;1-2H2;1H3. The number of hydrogen-bond donors (Lipinski definition) is 0. The molecular formula is C8H7F8NO10S4. The first kappa shape index (κ1) is 33.7. The molecule has 184 valence electrons. The third kappa shape index (κ3) is 13.2. The van der Waals surface area contributed by atoms with E-state index in [1.165, 1.54) is 6.92 Å². The second kappa shape index (κ2) is 11.1. The quantitative estimate of drug-likeness (QED) is 0.288. The largest absolute Gasteiger partial charge is 0.438 e. The van der Waals surface area contributed by atoms with E-state index in [1.54, 1.807) is 6.07 Å². The predicted molar refractivity (Wildman–Crippen MR) is 81.0 cm³/mol. The lowest BCUT2D eigenvalue weighted by Crippen LogP contribution is -2.49. The highest BCUT2D eigenvalue weighted by atomic mass is 32.3. The molecule has 0 aliphatic rings. The summed E-state index contributed by atoms with van der Waals surface area (Å²) in [6.45, 7) is 1.43. The SMILES string of the molecule is CC#N.O=C(C(F)(F)S(=O)(=O)F)C(F)(F)S(=O)(=O)F.O=C(CS(=O)(=O)F)CS(=O)(=O)F. The molecule has 0 rings (SSSR count). The van der Waals surface area contributed by atoms with Crippen LogP contribution in [0.5, 0.6) is 0 Å². The zero-order chi connectivity index (χ0) is 26.3. The number of Topliss-reactive ketones (excluding diaryl/α,β-unsaturated/α-hetero) is 2. The highest BCUT2D eigenvalue weighted by Gasteiger charge is 2.68. The molecule has 0 heterocycles. The average Bonchev–Trinajstić information content (AvgIpc) is 2.41. The van der Waals surface area contributed by atoms with E-state index >= 15 is 0 Å². The summed E-state index contributed by atoms with van der Waals surface area (Å²) in [5.74, 6) is -9.00. The van der Waals surface area contributed by atoms with Gasteiger partial charge in [-0.05, 0) is 0 Å². The van der Waals surface area contributed by atoms with Gasteiger partial charge in [0, 0.05) is 6.92 Å². The Morgan fingerprint density at radius 3 is 1.03 bits per heavy atom. The van der Waals surface area contributed by atoms with Crippen LogP contribution in [0.1, 0.15) is 6.92 Å². The fourth-order valence-corrected chi connectivity index (χ4v) is 2.68. The van der Waals surface area contributed by atoms with Crippen LogP contribution in [0.15, 0.2) is 0 Å². The van der Waals surface area contributed by atoms with Crippen LogP contribution in [-0.4, -0.2) is 67.3 Å². The molecule has 0 saturated carbocycles. The summed E-state index contributed by atoms with van der Waals surface area (Å²) < 4.78 is 172. The smallest absolute Gasteiger partial charge is 0.297 e. The molecule has 0 fully saturated rings. The lowest BCUT2D eigenvalue weighted by molar-refractivity contribution is -0.149. The molecule has 0 amide bonds. The summed E-state index contributed by atoms with van der Waals surface area (Å²) in [5.41, 5.74) is 0. The molecule has 0 radical (unpaired) electrons. The number of nitriles is 1. The van der Waals surface area contributed by atoms with Gasteiger partial charge in [-0.25, -0.2) is 0 Å². The first-order chi connectivity index (χ1) is 13.2. The lowest BCUT2D eigenvalue weighted by Gasteiger charge is -2.15. The summed E-state index contributed by atoms with van der Waals surface area (Å²) in [6.07, 6.45) is 0. The Kier molecular flexibility index (Phi) is 12.1. The molecule has 0 unspecified atom stereocenters. The van der Waals surface area contributed by atoms with E-state index in [1.807, 2.05) is 0 Å². The van der Waals surface area contributed by atoms with Crippen LogP contribution in [0.25, 0.3) is 0 Å². The van der Waals surface area contributed by atoms with E-state index in [9.17, 15) is 76.4 Å². The predicted octanol–water partition coefficient (Wildman–Crippen LogP) is 0.0237. The molecule has 0 aliphatic heterocycles. The van der Waals surface area contributed by atoms with Crippen molar-refractivity contribution in [1.29, 1.82) is 5.26 Å². The van der Waals surface area contributed by atoms with Crippen LogP contribution in [0, 0.1) is 11.3 Å². The summed E-state index contributed by atoms with van der Waals surface area (Å²) in [6, 6.07) is 1.75.